The van der Waals surface area contributed by atoms with E-state index in [0.29, 0.717) is 0 Å². The van der Waals surface area contributed by atoms with Crippen LogP contribution >= 0.6 is 0 Å². The first-order valence-corrected chi connectivity index (χ1v) is 3.13. The molecule has 0 unspecified atom stereocenters. The molecule has 5 heteroatoms. The Labute approximate surface area is 63.7 Å². The molecule has 0 aliphatic heterocycles. The minimum absolute atomic E-state index is 0.0162. The summed E-state index contributed by atoms with van der Waals surface area (Å²) in [6, 6.07) is 0. The fourth-order valence-electron chi connectivity index (χ4n) is 0.431. The number of rotatable bonds is 4. The van der Waals surface area contributed by atoms with Crippen LogP contribution in [0.5, 0.6) is 0 Å². The predicted octanol–water partition coefficient (Wildman–Crippen LogP) is -0.365. The molecule has 0 radical (unpaired) electrons. The first kappa shape index (κ1) is 9.87. The van der Waals surface area contributed by atoms with Crippen molar-refractivity contribution in [1.82, 2.24) is 5.32 Å². The Morgan fingerprint density at radius 3 is 2.64 bits per heavy atom. The number of halogens is 1. The Morgan fingerprint density at radius 2 is 2.18 bits per heavy atom. The van der Waals surface area contributed by atoms with Crippen molar-refractivity contribution < 1.29 is 18.7 Å². The van der Waals surface area contributed by atoms with E-state index in [9.17, 15) is 14.0 Å². The zero-order valence-electron chi connectivity index (χ0n) is 6.22. The topological polar surface area (TPSA) is 55.4 Å². The standard InChI is InChI=1S/C6H10FNO3/c1-5(9)8-2-3-11-6(10)4-7/h2-4H2,1H3,(H,8,9). The van der Waals surface area contributed by atoms with Gasteiger partial charge in [-0.15, -0.1) is 0 Å². The molecule has 64 valence electrons. The maximum atomic E-state index is 11.4. The smallest absolute Gasteiger partial charge is 0.337 e. The van der Waals surface area contributed by atoms with E-state index in [-0.39, 0.29) is 19.1 Å². The third-order valence-corrected chi connectivity index (χ3v) is 0.848. The monoisotopic (exact) mass is 163 g/mol. The van der Waals surface area contributed by atoms with Crippen LogP contribution < -0.4 is 5.32 Å². The Bertz CT molecular complexity index is 149. The predicted molar refractivity (Wildman–Crippen MR) is 35.6 cm³/mol. The van der Waals surface area contributed by atoms with Crippen LogP contribution in [0.1, 0.15) is 6.92 Å². The fraction of sp³-hybridized carbons (Fsp3) is 0.667. The van der Waals surface area contributed by atoms with Crippen molar-refractivity contribution in [2.75, 3.05) is 19.8 Å². The van der Waals surface area contributed by atoms with Crippen molar-refractivity contribution in [3.8, 4) is 0 Å². The molecule has 1 amide bonds. The molecule has 0 aromatic carbocycles. The molecule has 0 heterocycles. The lowest BCUT2D eigenvalue weighted by Crippen LogP contribution is -2.25. The highest BCUT2D eigenvalue weighted by atomic mass is 19.1. The van der Waals surface area contributed by atoms with E-state index in [0.717, 1.165) is 0 Å². The van der Waals surface area contributed by atoms with Gasteiger partial charge in [0.2, 0.25) is 5.91 Å². The lowest BCUT2D eigenvalue weighted by Gasteiger charge is -2.01. The molecule has 0 rings (SSSR count). The zero-order chi connectivity index (χ0) is 8.69. The highest BCUT2D eigenvalue weighted by Gasteiger charge is 1.99. The van der Waals surface area contributed by atoms with Crippen molar-refractivity contribution in [2.24, 2.45) is 0 Å². The fourth-order valence-corrected chi connectivity index (χ4v) is 0.431. The van der Waals surface area contributed by atoms with E-state index >= 15 is 0 Å². The van der Waals surface area contributed by atoms with E-state index in [2.05, 4.69) is 10.1 Å². The summed E-state index contributed by atoms with van der Waals surface area (Å²) in [5.74, 6) is -1.11. The molecule has 0 atom stereocenters. The quantitative estimate of drug-likeness (QED) is 0.454. The molecule has 0 aromatic heterocycles. The number of hydrogen-bond acceptors (Lipinski definition) is 3. The summed E-state index contributed by atoms with van der Waals surface area (Å²) in [4.78, 5) is 20.4. The summed E-state index contributed by atoms with van der Waals surface area (Å²) in [7, 11) is 0. The molecule has 0 aliphatic rings. The number of hydrogen-bond donors (Lipinski definition) is 1. The average molecular weight is 163 g/mol. The molecule has 0 spiro atoms. The first-order chi connectivity index (χ1) is 5.16. The summed E-state index contributed by atoms with van der Waals surface area (Å²) < 4.78 is 15.7. The van der Waals surface area contributed by atoms with Gasteiger partial charge in [-0.25, -0.2) is 9.18 Å². The van der Waals surface area contributed by atoms with Gasteiger partial charge in [0.1, 0.15) is 6.61 Å². The second-order valence-corrected chi connectivity index (χ2v) is 1.84. The maximum Gasteiger partial charge on any atom is 0.337 e. The SMILES string of the molecule is CC(=O)NCCOC(=O)CF. The third kappa shape index (κ3) is 6.76. The van der Waals surface area contributed by atoms with Crippen molar-refractivity contribution in [3.63, 3.8) is 0 Å². The highest BCUT2D eigenvalue weighted by Crippen LogP contribution is 1.77. The van der Waals surface area contributed by atoms with Gasteiger partial charge >= 0.3 is 5.97 Å². The van der Waals surface area contributed by atoms with Crippen LogP contribution in [0.3, 0.4) is 0 Å². The van der Waals surface area contributed by atoms with E-state index in [1.165, 1.54) is 6.92 Å². The number of ether oxygens (including phenoxy) is 1. The number of esters is 1. The van der Waals surface area contributed by atoms with Gasteiger partial charge in [0.25, 0.3) is 0 Å². The Balaban J connectivity index is 3.14. The number of carbonyl (C=O) groups excluding carboxylic acids is 2. The third-order valence-electron chi connectivity index (χ3n) is 0.848. The van der Waals surface area contributed by atoms with Crippen LogP contribution in [-0.2, 0) is 14.3 Å². The van der Waals surface area contributed by atoms with Crippen molar-refractivity contribution in [3.05, 3.63) is 0 Å². The minimum Gasteiger partial charge on any atom is -0.462 e. The van der Waals surface area contributed by atoms with Gasteiger partial charge in [-0.3, -0.25) is 4.79 Å². The van der Waals surface area contributed by atoms with E-state index in [1.807, 2.05) is 0 Å². The van der Waals surface area contributed by atoms with Crippen LogP contribution in [0.15, 0.2) is 0 Å². The number of alkyl halides is 1. The lowest BCUT2D eigenvalue weighted by molar-refractivity contribution is -0.144. The maximum absolute atomic E-state index is 11.4. The summed E-state index contributed by atoms with van der Waals surface area (Å²) in [5, 5.41) is 2.39. The molecule has 4 nitrogen and oxygen atoms in total. The van der Waals surface area contributed by atoms with Crippen molar-refractivity contribution >= 4 is 11.9 Å². The molecular weight excluding hydrogens is 153 g/mol. The van der Waals surface area contributed by atoms with Gasteiger partial charge in [0.15, 0.2) is 6.67 Å². The lowest BCUT2D eigenvalue weighted by atomic mass is 10.6. The highest BCUT2D eigenvalue weighted by molar-refractivity contribution is 5.73. The van der Waals surface area contributed by atoms with Gasteiger partial charge < -0.3 is 10.1 Å². The van der Waals surface area contributed by atoms with Crippen LogP contribution in [0.2, 0.25) is 0 Å². The molecule has 0 saturated heterocycles. The molecule has 0 aliphatic carbocycles. The molecule has 0 saturated carbocycles. The van der Waals surface area contributed by atoms with Crippen LogP contribution in [0, 0.1) is 0 Å². The van der Waals surface area contributed by atoms with E-state index < -0.39 is 12.6 Å². The summed E-state index contributed by atoms with van der Waals surface area (Å²) in [6.45, 7) is 0.459. The summed E-state index contributed by atoms with van der Waals surface area (Å²) in [6.07, 6.45) is 0. The second kappa shape index (κ2) is 5.64. The first-order valence-electron chi connectivity index (χ1n) is 3.13. The van der Waals surface area contributed by atoms with Gasteiger partial charge in [-0.2, -0.15) is 0 Å². The zero-order valence-corrected chi connectivity index (χ0v) is 6.22. The number of carbonyl (C=O) groups is 2. The van der Waals surface area contributed by atoms with Crippen molar-refractivity contribution in [2.45, 2.75) is 6.92 Å². The van der Waals surface area contributed by atoms with Crippen molar-refractivity contribution in [1.29, 1.82) is 0 Å². The number of amides is 1. The molecule has 1 N–H and O–H groups in total. The molecule has 0 aromatic rings. The van der Waals surface area contributed by atoms with Gasteiger partial charge in [0.05, 0.1) is 6.54 Å². The van der Waals surface area contributed by atoms with Gasteiger partial charge in [0, 0.05) is 6.92 Å². The summed E-state index contributed by atoms with van der Waals surface area (Å²) >= 11 is 0. The average Bonchev–Trinajstić information content (AvgIpc) is 1.97. The van der Waals surface area contributed by atoms with Gasteiger partial charge in [-0.1, -0.05) is 0 Å². The van der Waals surface area contributed by atoms with Crippen LogP contribution in [-0.4, -0.2) is 31.7 Å². The molecule has 0 bridgehead atoms. The van der Waals surface area contributed by atoms with E-state index in [4.69, 9.17) is 0 Å². The molecular formula is C6H10FNO3. The second-order valence-electron chi connectivity index (χ2n) is 1.84. The molecule has 0 fully saturated rings. The summed E-state index contributed by atoms with van der Waals surface area (Å²) in [5.41, 5.74) is 0. The Hall–Kier alpha value is -1.13. The Morgan fingerprint density at radius 1 is 1.55 bits per heavy atom. The van der Waals surface area contributed by atoms with Crippen LogP contribution in [0.25, 0.3) is 0 Å². The minimum atomic E-state index is -1.12. The normalized spacial score (nSPS) is 8.91. The van der Waals surface area contributed by atoms with Crippen LogP contribution in [0.4, 0.5) is 4.39 Å². The Kier molecular flexibility index (Phi) is 5.06. The van der Waals surface area contributed by atoms with Gasteiger partial charge in [-0.05, 0) is 0 Å². The van der Waals surface area contributed by atoms with E-state index in [1.54, 1.807) is 0 Å². The largest absolute Gasteiger partial charge is 0.462 e. The molecule has 11 heavy (non-hydrogen) atoms. The number of nitrogens with one attached hydrogen (secondary N) is 1.